The summed E-state index contributed by atoms with van der Waals surface area (Å²) in [5.41, 5.74) is 0. The molecule has 2 aliphatic rings. The fourth-order valence-electron chi connectivity index (χ4n) is 2.41. The molecule has 0 aromatic rings. The van der Waals surface area contributed by atoms with Gasteiger partial charge in [-0.1, -0.05) is 0 Å². The number of hydrogen-bond acceptors (Lipinski definition) is 5. The van der Waals surface area contributed by atoms with Crippen molar-refractivity contribution in [3.8, 4) is 0 Å². The monoisotopic (exact) mass is 271 g/mol. The van der Waals surface area contributed by atoms with Crippen LogP contribution in [0.1, 0.15) is 6.92 Å². The molecule has 0 aromatic heterocycles. The number of amides is 1. The molecule has 108 valence electrons. The molecule has 7 heteroatoms. The lowest BCUT2D eigenvalue weighted by atomic mass is 10.2. The molecular formula is C12H21N3O4. The molecule has 2 unspecified atom stereocenters. The van der Waals surface area contributed by atoms with E-state index in [1.807, 2.05) is 4.90 Å². The highest BCUT2D eigenvalue weighted by Gasteiger charge is 2.31. The number of carbonyl (C=O) groups is 2. The Kier molecular flexibility index (Phi) is 4.73. The number of rotatable bonds is 3. The average molecular weight is 271 g/mol. The number of hydrogen-bond donors (Lipinski definition) is 2. The first-order chi connectivity index (χ1) is 9.09. The molecule has 2 heterocycles. The predicted octanol–water partition coefficient (Wildman–Crippen LogP) is -1.41. The van der Waals surface area contributed by atoms with E-state index in [0.29, 0.717) is 39.3 Å². The van der Waals surface area contributed by atoms with Crippen LogP contribution in [0.5, 0.6) is 0 Å². The van der Waals surface area contributed by atoms with Crippen LogP contribution in [-0.4, -0.2) is 84.8 Å². The van der Waals surface area contributed by atoms with Gasteiger partial charge in [-0.15, -0.1) is 0 Å². The summed E-state index contributed by atoms with van der Waals surface area (Å²) in [6, 6.07) is -0.496. The van der Waals surface area contributed by atoms with Crippen LogP contribution in [0.2, 0.25) is 0 Å². The standard InChI is InChI=1S/C12H21N3O4/c1-9(12(17)18)14-3-5-15(6-4-14)11(16)10-8-13-2-7-19-10/h9-10,13H,2-8H2,1H3,(H,17,18). The molecule has 0 spiro atoms. The van der Waals surface area contributed by atoms with E-state index >= 15 is 0 Å². The molecule has 0 aromatic carbocycles. The van der Waals surface area contributed by atoms with E-state index in [0.717, 1.165) is 6.54 Å². The summed E-state index contributed by atoms with van der Waals surface area (Å²) in [6.07, 6.45) is -0.391. The van der Waals surface area contributed by atoms with Crippen LogP contribution < -0.4 is 5.32 Å². The lowest BCUT2D eigenvalue weighted by molar-refractivity contribution is -0.149. The third kappa shape index (κ3) is 3.43. The van der Waals surface area contributed by atoms with Crippen LogP contribution in [0.15, 0.2) is 0 Å². The van der Waals surface area contributed by atoms with Crippen molar-refractivity contribution in [2.45, 2.75) is 19.1 Å². The topological polar surface area (TPSA) is 82.1 Å². The largest absolute Gasteiger partial charge is 0.480 e. The number of aliphatic carboxylic acids is 1. The van der Waals surface area contributed by atoms with Crippen molar-refractivity contribution < 1.29 is 19.4 Å². The number of carboxylic acids is 1. The number of carbonyl (C=O) groups excluding carboxylic acids is 1. The van der Waals surface area contributed by atoms with Crippen molar-refractivity contribution >= 4 is 11.9 Å². The molecule has 7 nitrogen and oxygen atoms in total. The van der Waals surface area contributed by atoms with Gasteiger partial charge in [0.15, 0.2) is 0 Å². The van der Waals surface area contributed by atoms with E-state index in [1.165, 1.54) is 0 Å². The van der Waals surface area contributed by atoms with Gasteiger partial charge < -0.3 is 20.1 Å². The smallest absolute Gasteiger partial charge is 0.320 e. The quantitative estimate of drug-likeness (QED) is 0.656. The van der Waals surface area contributed by atoms with Crippen molar-refractivity contribution in [1.82, 2.24) is 15.1 Å². The molecule has 0 radical (unpaired) electrons. The van der Waals surface area contributed by atoms with Gasteiger partial charge in [0.1, 0.15) is 12.1 Å². The van der Waals surface area contributed by atoms with E-state index in [-0.39, 0.29) is 5.91 Å². The molecule has 2 N–H and O–H groups in total. The highest BCUT2D eigenvalue weighted by atomic mass is 16.5. The van der Waals surface area contributed by atoms with Crippen LogP contribution in [0, 0.1) is 0 Å². The number of piperazine rings is 1. The van der Waals surface area contributed by atoms with Crippen LogP contribution in [0.4, 0.5) is 0 Å². The Morgan fingerprint density at radius 2 is 2.00 bits per heavy atom. The van der Waals surface area contributed by atoms with Gasteiger partial charge in [-0.25, -0.2) is 0 Å². The second kappa shape index (κ2) is 6.31. The number of morpholine rings is 1. The lowest BCUT2D eigenvalue weighted by Crippen LogP contribution is -2.57. The van der Waals surface area contributed by atoms with Crippen molar-refractivity contribution in [3.63, 3.8) is 0 Å². The number of ether oxygens (including phenoxy) is 1. The van der Waals surface area contributed by atoms with Gasteiger partial charge in [0.05, 0.1) is 6.61 Å². The summed E-state index contributed by atoms with van der Waals surface area (Å²) in [6.45, 7) is 5.91. The summed E-state index contributed by atoms with van der Waals surface area (Å²) in [5, 5.41) is 12.1. The zero-order valence-corrected chi connectivity index (χ0v) is 11.2. The lowest BCUT2D eigenvalue weighted by Gasteiger charge is -2.38. The molecule has 2 atom stereocenters. The maximum absolute atomic E-state index is 12.2. The van der Waals surface area contributed by atoms with E-state index in [2.05, 4.69) is 5.32 Å². The predicted molar refractivity (Wildman–Crippen MR) is 67.9 cm³/mol. The van der Waals surface area contributed by atoms with Gasteiger partial charge in [0.2, 0.25) is 0 Å². The first kappa shape index (κ1) is 14.2. The Morgan fingerprint density at radius 3 is 2.53 bits per heavy atom. The fourth-order valence-corrected chi connectivity index (χ4v) is 2.41. The third-order valence-electron chi connectivity index (χ3n) is 3.73. The van der Waals surface area contributed by atoms with Gasteiger partial charge in [-0.2, -0.15) is 0 Å². The number of nitrogens with one attached hydrogen (secondary N) is 1. The van der Waals surface area contributed by atoms with Gasteiger partial charge >= 0.3 is 5.97 Å². The Labute approximate surface area is 112 Å². The molecule has 2 fully saturated rings. The minimum Gasteiger partial charge on any atom is -0.480 e. The molecule has 19 heavy (non-hydrogen) atoms. The molecule has 2 saturated heterocycles. The average Bonchev–Trinajstić information content (AvgIpc) is 2.46. The Bertz CT molecular complexity index is 336. The number of nitrogens with zero attached hydrogens (tertiary/aromatic N) is 2. The summed E-state index contributed by atoms with van der Waals surface area (Å²) in [4.78, 5) is 26.7. The Balaban J connectivity index is 1.82. The minimum absolute atomic E-state index is 0.00910. The molecule has 2 aliphatic heterocycles. The van der Waals surface area contributed by atoms with E-state index in [9.17, 15) is 9.59 Å². The summed E-state index contributed by atoms with van der Waals surface area (Å²) < 4.78 is 5.44. The second-order valence-electron chi connectivity index (χ2n) is 4.94. The van der Waals surface area contributed by atoms with Crippen LogP contribution in [0.25, 0.3) is 0 Å². The highest BCUT2D eigenvalue weighted by Crippen LogP contribution is 2.10. The third-order valence-corrected chi connectivity index (χ3v) is 3.73. The highest BCUT2D eigenvalue weighted by molar-refractivity contribution is 5.81. The summed E-state index contributed by atoms with van der Waals surface area (Å²) in [5.74, 6) is -0.811. The molecule has 2 rings (SSSR count). The first-order valence-electron chi connectivity index (χ1n) is 6.67. The molecule has 1 amide bonds. The molecule has 0 saturated carbocycles. The zero-order chi connectivity index (χ0) is 13.8. The SMILES string of the molecule is CC(C(=O)O)N1CCN(C(=O)C2CNCCO2)CC1. The summed E-state index contributed by atoms with van der Waals surface area (Å²) in [7, 11) is 0. The minimum atomic E-state index is -0.820. The van der Waals surface area contributed by atoms with Crippen LogP contribution >= 0.6 is 0 Å². The van der Waals surface area contributed by atoms with Crippen LogP contribution in [-0.2, 0) is 14.3 Å². The van der Waals surface area contributed by atoms with Crippen molar-refractivity contribution in [1.29, 1.82) is 0 Å². The zero-order valence-electron chi connectivity index (χ0n) is 11.2. The van der Waals surface area contributed by atoms with E-state index in [4.69, 9.17) is 9.84 Å². The Hall–Kier alpha value is -1.18. The second-order valence-corrected chi connectivity index (χ2v) is 4.94. The van der Waals surface area contributed by atoms with E-state index < -0.39 is 18.1 Å². The first-order valence-corrected chi connectivity index (χ1v) is 6.67. The number of carboxylic acid groups (broad SMARTS) is 1. The normalized spacial score (nSPS) is 27.0. The molecule has 0 bridgehead atoms. The maximum Gasteiger partial charge on any atom is 0.320 e. The van der Waals surface area contributed by atoms with Crippen molar-refractivity contribution in [3.05, 3.63) is 0 Å². The van der Waals surface area contributed by atoms with Crippen molar-refractivity contribution in [2.24, 2.45) is 0 Å². The fraction of sp³-hybridized carbons (Fsp3) is 0.833. The molecular weight excluding hydrogens is 250 g/mol. The van der Waals surface area contributed by atoms with Gasteiger partial charge in [0.25, 0.3) is 5.91 Å². The van der Waals surface area contributed by atoms with Crippen molar-refractivity contribution in [2.75, 3.05) is 45.9 Å². The molecule has 0 aliphatic carbocycles. The Morgan fingerprint density at radius 1 is 1.32 bits per heavy atom. The summed E-state index contributed by atoms with van der Waals surface area (Å²) >= 11 is 0. The van der Waals surface area contributed by atoms with Gasteiger partial charge in [0, 0.05) is 39.3 Å². The van der Waals surface area contributed by atoms with Gasteiger partial charge in [-0.05, 0) is 6.92 Å². The van der Waals surface area contributed by atoms with Gasteiger partial charge in [-0.3, -0.25) is 14.5 Å². The maximum atomic E-state index is 12.2. The van der Waals surface area contributed by atoms with Crippen LogP contribution in [0.3, 0.4) is 0 Å². The van der Waals surface area contributed by atoms with E-state index in [1.54, 1.807) is 11.8 Å².